The van der Waals surface area contributed by atoms with Gasteiger partial charge in [0.2, 0.25) is 5.91 Å². The number of likely N-dealkylation sites (tertiary alicyclic amines) is 1. The molecule has 0 spiro atoms. The summed E-state index contributed by atoms with van der Waals surface area (Å²) in [5.41, 5.74) is 5.67. The molecule has 0 bridgehead atoms. The zero-order chi connectivity index (χ0) is 13.9. The Balaban J connectivity index is 2.94. The molecule has 18 heavy (non-hydrogen) atoms. The number of hydrogen-bond donors (Lipinski definition) is 2. The second-order valence-corrected chi connectivity index (χ2v) is 5.62. The number of carbonyl (C=O) groups excluding carboxylic acids is 1. The first-order valence-corrected chi connectivity index (χ1v) is 6.69. The average Bonchev–Trinajstić information content (AvgIpc) is 2.28. The molecule has 0 aromatic heterocycles. The Kier molecular flexibility index (Phi) is 4.99. The molecule has 5 heteroatoms. The van der Waals surface area contributed by atoms with Crippen LogP contribution in [0.1, 0.15) is 47.0 Å². The minimum atomic E-state index is -0.530. The standard InChI is InChI=1S/C13H25N3O2/c1-8(2)11(12(14)15-18)13(17)16-9(3)6-5-7-10(16)4/h8-11,18H,5-7H2,1-4H3,(H2,14,15). The van der Waals surface area contributed by atoms with E-state index in [0.29, 0.717) is 0 Å². The second-order valence-electron chi connectivity index (χ2n) is 5.62. The molecule has 0 radical (unpaired) electrons. The Morgan fingerprint density at radius 2 is 1.83 bits per heavy atom. The summed E-state index contributed by atoms with van der Waals surface area (Å²) >= 11 is 0. The van der Waals surface area contributed by atoms with Crippen LogP contribution in [-0.2, 0) is 4.79 Å². The summed E-state index contributed by atoms with van der Waals surface area (Å²) < 4.78 is 0. The molecule has 1 amide bonds. The highest BCUT2D eigenvalue weighted by Crippen LogP contribution is 2.26. The lowest BCUT2D eigenvalue weighted by Gasteiger charge is -2.41. The SMILES string of the molecule is CC(C)C(C(=O)N1C(C)CCCC1C)C(N)=NO. The van der Waals surface area contributed by atoms with Gasteiger partial charge in [-0.05, 0) is 39.0 Å². The molecule has 0 aromatic rings. The Labute approximate surface area is 109 Å². The molecule has 3 unspecified atom stereocenters. The van der Waals surface area contributed by atoms with Crippen LogP contribution in [0.25, 0.3) is 0 Å². The summed E-state index contributed by atoms with van der Waals surface area (Å²) in [5, 5.41) is 11.8. The van der Waals surface area contributed by atoms with Gasteiger partial charge in [-0.15, -0.1) is 0 Å². The van der Waals surface area contributed by atoms with Crippen molar-refractivity contribution in [1.29, 1.82) is 0 Å². The number of amidine groups is 1. The predicted octanol–water partition coefficient (Wildman–Crippen LogP) is 1.79. The molecule has 0 aromatic carbocycles. The van der Waals surface area contributed by atoms with E-state index < -0.39 is 5.92 Å². The monoisotopic (exact) mass is 255 g/mol. The van der Waals surface area contributed by atoms with Crippen molar-refractivity contribution in [2.24, 2.45) is 22.7 Å². The van der Waals surface area contributed by atoms with Crippen LogP contribution in [-0.4, -0.2) is 33.9 Å². The fourth-order valence-electron chi connectivity index (χ4n) is 2.83. The van der Waals surface area contributed by atoms with Gasteiger partial charge >= 0.3 is 0 Å². The van der Waals surface area contributed by atoms with Crippen molar-refractivity contribution in [3.8, 4) is 0 Å². The molecule has 3 atom stereocenters. The van der Waals surface area contributed by atoms with E-state index in [1.807, 2.05) is 18.7 Å². The van der Waals surface area contributed by atoms with E-state index in [4.69, 9.17) is 10.9 Å². The van der Waals surface area contributed by atoms with Crippen LogP contribution in [0, 0.1) is 11.8 Å². The van der Waals surface area contributed by atoms with E-state index in [2.05, 4.69) is 19.0 Å². The molecule has 1 heterocycles. The van der Waals surface area contributed by atoms with Gasteiger partial charge in [-0.3, -0.25) is 4.79 Å². The van der Waals surface area contributed by atoms with Crippen LogP contribution in [0.15, 0.2) is 5.16 Å². The quantitative estimate of drug-likeness (QED) is 0.349. The Bertz CT molecular complexity index is 318. The number of nitrogens with two attached hydrogens (primary N) is 1. The van der Waals surface area contributed by atoms with E-state index in [0.717, 1.165) is 19.3 Å². The molecule has 5 nitrogen and oxygen atoms in total. The zero-order valence-electron chi connectivity index (χ0n) is 11.8. The summed E-state index contributed by atoms with van der Waals surface area (Å²) in [6, 6.07) is 0.461. The van der Waals surface area contributed by atoms with Crippen LogP contribution >= 0.6 is 0 Å². The first kappa shape index (κ1) is 14.8. The summed E-state index contributed by atoms with van der Waals surface area (Å²) in [4.78, 5) is 14.5. The molecule has 104 valence electrons. The van der Waals surface area contributed by atoms with Gasteiger partial charge in [0.1, 0.15) is 5.92 Å². The van der Waals surface area contributed by atoms with Crippen molar-refractivity contribution in [3.05, 3.63) is 0 Å². The van der Waals surface area contributed by atoms with Crippen LogP contribution in [0.5, 0.6) is 0 Å². The normalized spacial score (nSPS) is 27.4. The van der Waals surface area contributed by atoms with Crippen molar-refractivity contribution >= 4 is 11.7 Å². The van der Waals surface area contributed by atoms with Crippen LogP contribution in [0.2, 0.25) is 0 Å². The van der Waals surface area contributed by atoms with E-state index in [1.54, 1.807) is 0 Å². The lowest BCUT2D eigenvalue weighted by molar-refractivity contribution is -0.140. The second kappa shape index (κ2) is 6.07. The Morgan fingerprint density at radius 1 is 1.33 bits per heavy atom. The van der Waals surface area contributed by atoms with Gasteiger partial charge in [0.25, 0.3) is 0 Å². The third-order valence-electron chi connectivity index (χ3n) is 3.81. The molecule has 0 saturated carbocycles. The van der Waals surface area contributed by atoms with Crippen LogP contribution < -0.4 is 5.73 Å². The number of hydrogen-bond acceptors (Lipinski definition) is 3. The molecule has 3 N–H and O–H groups in total. The van der Waals surface area contributed by atoms with Gasteiger partial charge in [0, 0.05) is 12.1 Å². The van der Waals surface area contributed by atoms with Gasteiger partial charge in [-0.2, -0.15) is 0 Å². The van der Waals surface area contributed by atoms with Gasteiger partial charge in [-0.25, -0.2) is 0 Å². The van der Waals surface area contributed by atoms with Gasteiger partial charge in [-0.1, -0.05) is 19.0 Å². The maximum absolute atomic E-state index is 12.6. The third kappa shape index (κ3) is 2.94. The van der Waals surface area contributed by atoms with Crippen molar-refractivity contribution in [3.63, 3.8) is 0 Å². The van der Waals surface area contributed by atoms with Gasteiger partial charge in [0.15, 0.2) is 5.84 Å². The van der Waals surface area contributed by atoms with Gasteiger partial charge in [0.05, 0.1) is 0 Å². The fraction of sp³-hybridized carbons (Fsp3) is 0.846. The number of carbonyl (C=O) groups is 1. The smallest absolute Gasteiger partial charge is 0.234 e. The summed E-state index contributed by atoms with van der Waals surface area (Å²) in [6.45, 7) is 7.97. The molecule has 1 fully saturated rings. The van der Waals surface area contributed by atoms with E-state index in [-0.39, 0.29) is 29.7 Å². The number of nitrogens with zero attached hydrogens (tertiary/aromatic N) is 2. The van der Waals surface area contributed by atoms with Gasteiger partial charge < -0.3 is 15.8 Å². The number of rotatable bonds is 3. The van der Waals surface area contributed by atoms with E-state index in [1.165, 1.54) is 0 Å². The minimum Gasteiger partial charge on any atom is -0.409 e. The predicted molar refractivity (Wildman–Crippen MR) is 71.4 cm³/mol. The van der Waals surface area contributed by atoms with Crippen molar-refractivity contribution in [2.75, 3.05) is 0 Å². The summed E-state index contributed by atoms with van der Waals surface area (Å²) in [7, 11) is 0. The fourth-order valence-corrected chi connectivity index (χ4v) is 2.83. The van der Waals surface area contributed by atoms with Crippen molar-refractivity contribution in [2.45, 2.75) is 59.0 Å². The van der Waals surface area contributed by atoms with Crippen LogP contribution in [0.3, 0.4) is 0 Å². The number of piperidine rings is 1. The maximum atomic E-state index is 12.6. The molecule has 0 aliphatic carbocycles. The van der Waals surface area contributed by atoms with E-state index in [9.17, 15) is 4.79 Å². The maximum Gasteiger partial charge on any atom is 0.234 e. The molecular weight excluding hydrogens is 230 g/mol. The number of oxime groups is 1. The highest BCUT2D eigenvalue weighted by molar-refractivity contribution is 6.02. The van der Waals surface area contributed by atoms with Crippen molar-refractivity contribution in [1.82, 2.24) is 4.90 Å². The molecular formula is C13H25N3O2. The highest BCUT2D eigenvalue weighted by atomic mass is 16.4. The average molecular weight is 255 g/mol. The van der Waals surface area contributed by atoms with Crippen molar-refractivity contribution < 1.29 is 10.0 Å². The van der Waals surface area contributed by atoms with E-state index >= 15 is 0 Å². The molecule has 1 rings (SSSR count). The summed E-state index contributed by atoms with van der Waals surface area (Å²) in [6.07, 6.45) is 3.20. The van der Waals surface area contributed by atoms with Crippen LogP contribution in [0.4, 0.5) is 0 Å². The largest absolute Gasteiger partial charge is 0.409 e. The lowest BCUT2D eigenvalue weighted by Crippen LogP contribution is -2.53. The molecule has 1 saturated heterocycles. The number of amides is 1. The zero-order valence-corrected chi connectivity index (χ0v) is 11.8. The molecule has 1 aliphatic heterocycles. The lowest BCUT2D eigenvalue weighted by atomic mass is 9.89. The first-order valence-electron chi connectivity index (χ1n) is 6.69. The summed E-state index contributed by atoms with van der Waals surface area (Å²) in [5.74, 6) is -0.507. The highest BCUT2D eigenvalue weighted by Gasteiger charge is 2.36. The Hall–Kier alpha value is -1.26. The first-order chi connectivity index (χ1) is 8.40. The minimum absolute atomic E-state index is 0.0139. The Morgan fingerprint density at radius 3 is 2.22 bits per heavy atom. The topological polar surface area (TPSA) is 78.9 Å². The molecule has 1 aliphatic rings. The third-order valence-corrected chi connectivity index (χ3v) is 3.81.